The van der Waals surface area contributed by atoms with Gasteiger partial charge in [-0.2, -0.15) is 0 Å². The van der Waals surface area contributed by atoms with Crippen LogP contribution in [0.1, 0.15) is 0 Å². The standard InChI is InChI=1S/C11H15BrN2S/c12-10-1-3-11(4-2-10)15-9-14-7-5-13-6-8-14/h1-4,13H,5-9H2. The first kappa shape index (κ1) is 11.5. The quantitative estimate of drug-likeness (QED) is 0.859. The minimum Gasteiger partial charge on any atom is -0.314 e. The Morgan fingerprint density at radius 2 is 1.87 bits per heavy atom. The summed E-state index contributed by atoms with van der Waals surface area (Å²) in [5, 5.41) is 3.36. The summed E-state index contributed by atoms with van der Waals surface area (Å²) in [6, 6.07) is 8.52. The van der Waals surface area contributed by atoms with Gasteiger partial charge in [0.2, 0.25) is 0 Å². The van der Waals surface area contributed by atoms with Crippen LogP contribution >= 0.6 is 27.7 Å². The summed E-state index contributed by atoms with van der Waals surface area (Å²) in [6.45, 7) is 4.59. The zero-order valence-corrected chi connectivity index (χ0v) is 11.0. The van der Waals surface area contributed by atoms with Crippen LogP contribution < -0.4 is 5.32 Å². The second-order valence-electron chi connectivity index (χ2n) is 3.60. The number of nitrogens with one attached hydrogen (secondary N) is 1. The third-order valence-corrected chi connectivity index (χ3v) is 4.07. The molecule has 1 aromatic rings. The first-order valence-electron chi connectivity index (χ1n) is 5.16. The van der Waals surface area contributed by atoms with Crippen LogP contribution in [-0.2, 0) is 0 Å². The topological polar surface area (TPSA) is 15.3 Å². The molecule has 82 valence electrons. The molecule has 2 nitrogen and oxygen atoms in total. The fourth-order valence-corrected chi connectivity index (χ4v) is 2.72. The highest BCUT2D eigenvalue weighted by molar-refractivity contribution is 9.10. The van der Waals surface area contributed by atoms with E-state index in [9.17, 15) is 0 Å². The lowest BCUT2D eigenvalue weighted by Gasteiger charge is -2.26. The van der Waals surface area contributed by atoms with Crippen molar-refractivity contribution in [1.29, 1.82) is 0 Å². The van der Waals surface area contributed by atoms with Crippen molar-refractivity contribution in [3.8, 4) is 0 Å². The molecule has 0 saturated carbocycles. The number of hydrogen-bond donors (Lipinski definition) is 1. The molecule has 1 saturated heterocycles. The summed E-state index contributed by atoms with van der Waals surface area (Å²) in [7, 11) is 0. The number of rotatable bonds is 3. The van der Waals surface area contributed by atoms with Crippen LogP contribution in [0.4, 0.5) is 0 Å². The normalized spacial score (nSPS) is 17.9. The highest BCUT2D eigenvalue weighted by atomic mass is 79.9. The molecule has 0 aliphatic carbocycles. The van der Waals surface area contributed by atoms with Gasteiger partial charge in [0.25, 0.3) is 0 Å². The maximum atomic E-state index is 3.45. The van der Waals surface area contributed by atoms with Crippen molar-refractivity contribution in [2.75, 3.05) is 32.1 Å². The molecule has 1 aliphatic heterocycles. The molecule has 1 fully saturated rings. The monoisotopic (exact) mass is 286 g/mol. The van der Waals surface area contributed by atoms with Crippen LogP contribution in [0, 0.1) is 0 Å². The van der Waals surface area contributed by atoms with E-state index >= 15 is 0 Å². The first-order chi connectivity index (χ1) is 7.34. The Bertz CT molecular complexity index is 296. The molecule has 1 aliphatic rings. The van der Waals surface area contributed by atoms with Gasteiger partial charge in [0.15, 0.2) is 0 Å². The molecule has 0 radical (unpaired) electrons. The van der Waals surface area contributed by atoms with Crippen molar-refractivity contribution < 1.29 is 0 Å². The summed E-state index contributed by atoms with van der Waals surface area (Å²) in [4.78, 5) is 3.83. The lowest BCUT2D eigenvalue weighted by atomic mass is 10.4. The van der Waals surface area contributed by atoms with E-state index < -0.39 is 0 Å². The van der Waals surface area contributed by atoms with E-state index in [2.05, 4.69) is 50.4 Å². The molecule has 1 heterocycles. The number of halogens is 1. The SMILES string of the molecule is Brc1ccc(SCN2CCNCC2)cc1. The highest BCUT2D eigenvalue weighted by Crippen LogP contribution is 2.21. The molecule has 0 amide bonds. The molecular formula is C11H15BrN2S. The number of benzene rings is 1. The van der Waals surface area contributed by atoms with Gasteiger partial charge in [0.1, 0.15) is 0 Å². The van der Waals surface area contributed by atoms with E-state index in [0.717, 1.165) is 23.4 Å². The minimum atomic E-state index is 1.10. The van der Waals surface area contributed by atoms with Gasteiger partial charge in [0.05, 0.1) is 0 Å². The Balaban J connectivity index is 1.79. The number of hydrogen-bond acceptors (Lipinski definition) is 3. The molecule has 15 heavy (non-hydrogen) atoms. The number of thioether (sulfide) groups is 1. The molecular weight excluding hydrogens is 272 g/mol. The lowest BCUT2D eigenvalue weighted by Crippen LogP contribution is -2.43. The second kappa shape index (κ2) is 5.89. The van der Waals surface area contributed by atoms with Crippen LogP contribution in [0.5, 0.6) is 0 Å². The Morgan fingerprint density at radius 1 is 1.20 bits per heavy atom. The third kappa shape index (κ3) is 3.79. The Labute approximate surface area is 104 Å². The van der Waals surface area contributed by atoms with E-state index in [1.807, 2.05) is 11.8 Å². The largest absolute Gasteiger partial charge is 0.314 e. The maximum absolute atomic E-state index is 3.45. The second-order valence-corrected chi connectivity index (χ2v) is 5.53. The Morgan fingerprint density at radius 3 is 2.53 bits per heavy atom. The molecule has 0 unspecified atom stereocenters. The first-order valence-corrected chi connectivity index (χ1v) is 6.94. The minimum absolute atomic E-state index is 1.10. The third-order valence-electron chi connectivity index (χ3n) is 2.44. The summed E-state index contributed by atoms with van der Waals surface area (Å²) in [6.07, 6.45) is 0. The smallest absolute Gasteiger partial charge is 0.0492 e. The molecule has 0 aromatic heterocycles. The van der Waals surface area contributed by atoms with E-state index in [1.54, 1.807) is 0 Å². The number of nitrogens with zero attached hydrogens (tertiary/aromatic N) is 1. The van der Waals surface area contributed by atoms with E-state index in [4.69, 9.17) is 0 Å². The van der Waals surface area contributed by atoms with E-state index in [1.165, 1.54) is 18.0 Å². The van der Waals surface area contributed by atoms with Crippen LogP contribution in [-0.4, -0.2) is 37.0 Å². The molecule has 0 bridgehead atoms. The fourth-order valence-electron chi connectivity index (χ4n) is 1.54. The predicted molar refractivity (Wildman–Crippen MR) is 69.3 cm³/mol. The van der Waals surface area contributed by atoms with Gasteiger partial charge in [-0.05, 0) is 24.3 Å². The molecule has 2 rings (SSSR count). The predicted octanol–water partition coefficient (Wildman–Crippen LogP) is 2.40. The van der Waals surface area contributed by atoms with Crippen molar-refractivity contribution in [2.24, 2.45) is 0 Å². The van der Waals surface area contributed by atoms with Gasteiger partial charge in [-0.25, -0.2) is 0 Å². The van der Waals surface area contributed by atoms with E-state index in [0.29, 0.717) is 0 Å². The Kier molecular flexibility index (Phi) is 4.50. The van der Waals surface area contributed by atoms with Gasteiger partial charge < -0.3 is 5.32 Å². The summed E-state index contributed by atoms with van der Waals surface area (Å²) in [5.74, 6) is 1.10. The Hall–Kier alpha value is -0.0300. The van der Waals surface area contributed by atoms with Gasteiger partial charge >= 0.3 is 0 Å². The van der Waals surface area contributed by atoms with Crippen molar-refractivity contribution in [3.05, 3.63) is 28.7 Å². The molecule has 0 atom stereocenters. The summed E-state index contributed by atoms with van der Waals surface area (Å²) >= 11 is 5.36. The van der Waals surface area contributed by atoms with Crippen LogP contribution in [0.15, 0.2) is 33.6 Å². The van der Waals surface area contributed by atoms with Gasteiger partial charge in [-0.1, -0.05) is 15.9 Å². The van der Waals surface area contributed by atoms with Crippen LogP contribution in [0.25, 0.3) is 0 Å². The van der Waals surface area contributed by atoms with Crippen molar-refractivity contribution in [1.82, 2.24) is 10.2 Å². The fraction of sp³-hybridized carbons (Fsp3) is 0.455. The lowest BCUT2D eigenvalue weighted by molar-refractivity contribution is 0.280. The molecule has 1 N–H and O–H groups in total. The zero-order chi connectivity index (χ0) is 10.5. The summed E-state index contributed by atoms with van der Waals surface area (Å²) < 4.78 is 1.15. The molecule has 4 heteroatoms. The number of piperazine rings is 1. The molecule has 0 spiro atoms. The van der Waals surface area contributed by atoms with Crippen LogP contribution in [0.3, 0.4) is 0 Å². The van der Waals surface area contributed by atoms with Crippen LogP contribution in [0.2, 0.25) is 0 Å². The molecule has 1 aromatic carbocycles. The van der Waals surface area contributed by atoms with Crippen molar-refractivity contribution in [3.63, 3.8) is 0 Å². The van der Waals surface area contributed by atoms with Gasteiger partial charge in [-0.15, -0.1) is 11.8 Å². The van der Waals surface area contributed by atoms with Gasteiger partial charge in [0, 0.05) is 41.4 Å². The maximum Gasteiger partial charge on any atom is 0.0492 e. The van der Waals surface area contributed by atoms with Crippen molar-refractivity contribution >= 4 is 27.7 Å². The summed E-state index contributed by atoms with van der Waals surface area (Å²) in [5.41, 5.74) is 0. The average molecular weight is 287 g/mol. The van der Waals surface area contributed by atoms with E-state index in [-0.39, 0.29) is 0 Å². The highest BCUT2D eigenvalue weighted by Gasteiger charge is 2.08. The van der Waals surface area contributed by atoms with Crippen molar-refractivity contribution in [2.45, 2.75) is 4.90 Å². The average Bonchev–Trinajstić information content (AvgIpc) is 2.30. The zero-order valence-electron chi connectivity index (χ0n) is 8.58. The van der Waals surface area contributed by atoms with Gasteiger partial charge in [-0.3, -0.25) is 4.90 Å².